The van der Waals surface area contributed by atoms with E-state index in [1.165, 1.54) is 5.56 Å². The van der Waals surface area contributed by atoms with Crippen LogP contribution in [0, 0.1) is 5.92 Å². The molecule has 0 bridgehead atoms. The van der Waals surface area contributed by atoms with Crippen LogP contribution in [0.2, 0.25) is 0 Å². The fourth-order valence-electron chi connectivity index (χ4n) is 1.74. The standard InChI is InChI=1S/C14H21BrO2S/c1-4-12(9-15)10-18(16,17)14-7-5-13(6-8-14)11(2)3/h5-8,11-12H,4,9-10H2,1-3H3. The Hall–Kier alpha value is -0.350. The zero-order valence-electron chi connectivity index (χ0n) is 11.2. The van der Waals surface area contributed by atoms with Crippen LogP contribution in [-0.4, -0.2) is 19.5 Å². The molecule has 0 aliphatic rings. The number of alkyl halides is 1. The lowest BCUT2D eigenvalue weighted by Gasteiger charge is -2.12. The molecule has 2 nitrogen and oxygen atoms in total. The van der Waals surface area contributed by atoms with Gasteiger partial charge in [0.25, 0.3) is 0 Å². The summed E-state index contributed by atoms with van der Waals surface area (Å²) in [6.07, 6.45) is 0.870. The van der Waals surface area contributed by atoms with E-state index in [0.717, 1.165) is 11.8 Å². The van der Waals surface area contributed by atoms with Gasteiger partial charge in [0, 0.05) is 5.33 Å². The molecule has 0 fully saturated rings. The Morgan fingerprint density at radius 3 is 2.11 bits per heavy atom. The van der Waals surface area contributed by atoms with Gasteiger partial charge >= 0.3 is 0 Å². The molecule has 0 aliphatic carbocycles. The van der Waals surface area contributed by atoms with Crippen LogP contribution in [0.15, 0.2) is 29.2 Å². The molecule has 4 heteroatoms. The first-order valence-corrected chi connectivity index (χ1v) is 9.06. The van der Waals surface area contributed by atoms with Crippen molar-refractivity contribution >= 4 is 25.8 Å². The summed E-state index contributed by atoms with van der Waals surface area (Å²) in [5, 5.41) is 0.729. The van der Waals surface area contributed by atoms with E-state index in [1.807, 2.05) is 19.1 Å². The van der Waals surface area contributed by atoms with Crippen molar-refractivity contribution in [2.24, 2.45) is 5.92 Å². The number of rotatable bonds is 6. The molecule has 102 valence electrons. The molecule has 1 rings (SSSR count). The molecule has 1 aromatic rings. The van der Waals surface area contributed by atoms with Crippen molar-refractivity contribution in [3.8, 4) is 0 Å². The highest BCUT2D eigenvalue weighted by Crippen LogP contribution is 2.20. The maximum Gasteiger partial charge on any atom is 0.178 e. The molecule has 0 aliphatic heterocycles. The van der Waals surface area contributed by atoms with E-state index >= 15 is 0 Å². The summed E-state index contributed by atoms with van der Waals surface area (Å²) in [5.41, 5.74) is 1.17. The minimum atomic E-state index is -3.16. The summed E-state index contributed by atoms with van der Waals surface area (Å²) in [6, 6.07) is 7.27. The summed E-state index contributed by atoms with van der Waals surface area (Å²) in [6.45, 7) is 6.21. The molecule has 1 aromatic carbocycles. The lowest BCUT2D eigenvalue weighted by atomic mass is 10.0. The smallest absolute Gasteiger partial charge is 0.178 e. The fraction of sp³-hybridized carbons (Fsp3) is 0.571. The SMILES string of the molecule is CCC(CBr)CS(=O)(=O)c1ccc(C(C)C)cc1. The summed E-state index contributed by atoms with van der Waals surface area (Å²) < 4.78 is 24.4. The number of halogens is 1. The van der Waals surface area contributed by atoms with Crippen LogP contribution in [0.4, 0.5) is 0 Å². The van der Waals surface area contributed by atoms with Crippen molar-refractivity contribution in [2.75, 3.05) is 11.1 Å². The molecule has 1 atom stereocenters. The quantitative estimate of drug-likeness (QED) is 0.737. The van der Waals surface area contributed by atoms with Gasteiger partial charge in [-0.1, -0.05) is 55.3 Å². The second-order valence-corrected chi connectivity index (χ2v) is 7.62. The van der Waals surface area contributed by atoms with Crippen LogP contribution in [0.5, 0.6) is 0 Å². The van der Waals surface area contributed by atoms with Gasteiger partial charge in [0.1, 0.15) is 0 Å². The predicted molar refractivity (Wildman–Crippen MR) is 80.2 cm³/mol. The highest BCUT2D eigenvalue weighted by molar-refractivity contribution is 9.09. The monoisotopic (exact) mass is 332 g/mol. The van der Waals surface area contributed by atoms with Crippen molar-refractivity contribution in [2.45, 2.75) is 38.0 Å². The lowest BCUT2D eigenvalue weighted by Crippen LogP contribution is -2.17. The van der Waals surface area contributed by atoms with E-state index < -0.39 is 9.84 Å². The topological polar surface area (TPSA) is 34.1 Å². The maximum absolute atomic E-state index is 12.2. The van der Waals surface area contributed by atoms with E-state index in [2.05, 4.69) is 29.8 Å². The summed E-state index contributed by atoms with van der Waals surface area (Å²) >= 11 is 3.37. The average molecular weight is 333 g/mol. The Morgan fingerprint density at radius 1 is 1.17 bits per heavy atom. The van der Waals surface area contributed by atoms with Crippen LogP contribution in [0.25, 0.3) is 0 Å². The van der Waals surface area contributed by atoms with Crippen molar-refractivity contribution in [3.05, 3.63) is 29.8 Å². The number of hydrogen-bond acceptors (Lipinski definition) is 2. The molecular formula is C14H21BrO2S. The van der Waals surface area contributed by atoms with E-state index in [4.69, 9.17) is 0 Å². The van der Waals surface area contributed by atoms with Crippen molar-refractivity contribution in [1.29, 1.82) is 0 Å². The minimum Gasteiger partial charge on any atom is -0.224 e. The summed E-state index contributed by atoms with van der Waals surface area (Å²) in [4.78, 5) is 0.436. The first-order chi connectivity index (χ1) is 8.40. The Bertz CT molecular complexity index is 459. The third kappa shape index (κ3) is 4.09. The molecule has 0 N–H and O–H groups in total. The van der Waals surface area contributed by atoms with Gasteiger partial charge in [-0.3, -0.25) is 0 Å². The Morgan fingerprint density at radius 2 is 1.72 bits per heavy atom. The summed E-state index contributed by atoms with van der Waals surface area (Å²) in [7, 11) is -3.16. The van der Waals surface area contributed by atoms with Gasteiger partial charge in [-0.2, -0.15) is 0 Å². The normalized spacial score (nSPS) is 13.8. The second-order valence-electron chi connectivity index (χ2n) is 4.93. The molecule has 1 unspecified atom stereocenters. The highest BCUT2D eigenvalue weighted by Gasteiger charge is 2.19. The van der Waals surface area contributed by atoms with E-state index in [9.17, 15) is 8.42 Å². The fourth-order valence-corrected chi connectivity index (χ4v) is 4.45. The van der Waals surface area contributed by atoms with Crippen LogP contribution in [0.3, 0.4) is 0 Å². The van der Waals surface area contributed by atoms with E-state index in [0.29, 0.717) is 10.8 Å². The van der Waals surface area contributed by atoms with Gasteiger partial charge in [0.05, 0.1) is 10.6 Å². The van der Waals surface area contributed by atoms with Crippen LogP contribution < -0.4 is 0 Å². The molecule has 0 spiro atoms. The van der Waals surface area contributed by atoms with E-state index in [-0.39, 0.29) is 11.7 Å². The van der Waals surface area contributed by atoms with Gasteiger partial charge in [-0.15, -0.1) is 0 Å². The van der Waals surface area contributed by atoms with Crippen molar-refractivity contribution < 1.29 is 8.42 Å². The molecule has 0 aromatic heterocycles. The Labute approximate surface area is 119 Å². The molecule has 0 saturated carbocycles. The minimum absolute atomic E-state index is 0.180. The van der Waals surface area contributed by atoms with Crippen molar-refractivity contribution in [1.82, 2.24) is 0 Å². The first-order valence-electron chi connectivity index (χ1n) is 6.29. The molecule has 0 radical (unpaired) electrons. The third-order valence-corrected chi connectivity index (χ3v) is 5.97. The van der Waals surface area contributed by atoms with Crippen LogP contribution in [-0.2, 0) is 9.84 Å². The molecule has 18 heavy (non-hydrogen) atoms. The molecule has 0 saturated heterocycles. The predicted octanol–water partition coefficient (Wildman–Crippen LogP) is 4.00. The molecular weight excluding hydrogens is 312 g/mol. The zero-order valence-corrected chi connectivity index (χ0v) is 13.6. The Balaban J connectivity index is 2.91. The summed E-state index contributed by atoms with van der Waals surface area (Å²) in [5.74, 6) is 0.822. The van der Waals surface area contributed by atoms with Gasteiger partial charge in [0.15, 0.2) is 9.84 Å². The highest BCUT2D eigenvalue weighted by atomic mass is 79.9. The third-order valence-electron chi connectivity index (χ3n) is 3.16. The number of hydrogen-bond donors (Lipinski definition) is 0. The number of sulfone groups is 1. The Kier molecular flexibility index (Phi) is 5.86. The zero-order chi connectivity index (χ0) is 13.8. The van der Waals surface area contributed by atoms with Crippen LogP contribution >= 0.6 is 15.9 Å². The van der Waals surface area contributed by atoms with Gasteiger partial charge < -0.3 is 0 Å². The average Bonchev–Trinajstić information content (AvgIpc) is 2.36. The molecule has 0 heterocycles. The maximum atomic E-state index is 12.2. The lowest BCUT2D eigenvalue weighted by molar-refractivity contribution is 0.568. The van der Waals surface area contributed by atoms with Gasteiger partial charge in [0.2, 0.25) is 0 Å². The van der Waals surface area contributed by atoms with Crippen molar-refractivity contribution in [3.63, 3.8) is 0 Å². The van der Waals surface area contributed by atoms with Crippen LogP contribution in [0.1, 0.15) is 38.7 Å². The van der Waals surface area contributed by atoms with E-state index in [1.54, 1.807) is 12.1 Å². The first kappa shape index (κ1) is 15.7. The number of benzene rings is 1. The largest absolute Gasteiger partial charge is 0.224 e. The van der Waals surface area contributed by atoms with Gasteiger partial charge in [-0.05, 0) is 29.5 Å². The second kappa shape index (κ2) is 6.71. The van der Waals surface area contributed by atoms with Gasteiger partial charge in [-0.25, -0.2) is 8.42 Å². The molecule has 0 amide bonds.